The maximum atomic E-state index is 12.2. The van der Waals surface area contributed by atoms with E-state index in [0.29, 0.717) is 16.3 Å². The van der Waals surface area contributed by atoms with Crippen molar-refractivity contribution in [3.63, 3.8) is 0 Å². The van der Waals surface area contributed by atoms with Crippen LogP contribution in [-0.4, -0.2) is 37.6 Å². The van der Waals surface area contributed by atoms with Gasteiger partial charge in [0, 0.05) is 19.8 Å². The summed E-state index contributed by atoms with van der Waals surface area (Å²) in [5.74, 6) is 0.847. The number of thioether (sulfide) groups is 1. The number of benzene rings is 2. The van der Waals surface area contributed by atoms with Crippen molar-refractivity contribution in [2.75, 3.05) is 19.8 Å². The molecule has 0 unspecified atom stereocenters. The molecule has 2 aromatic carbocycles. The standard InChI is InChI=1S/C17H18N2O3S2/c1-19(2)24(20,21)14-8-9-16-15(12-14)18-17(22-16)23-11-10-13-6-4-3-5-7-13/h3-9,12H,10-11H2,1-2H3. The van der Waals surface area contributed by atoms with E-state index in [4.69, 9.17) is 4.42 Å². The van der Waals surface area contributed by atoms with Crippen LogP contribution < -0.4 is 0 Å². The summed E-state index contributed by atoms with van der Waals surface area (Å²) in [6.45, 7) is 0. The van der Waals surface area contributed by atoms with E-state index in [0.717, 1.165) is 12.2 Å². The van der Waals surface area contributed by atoms with Gasteiger partial charge in [-0.3, -0.25) is 0 Å². The highest BCUT2D eigenvalue weighted by Gasteiger charge is 2.18. The highest BCUT2D eigenvalue weighted by molar-refractivity contribution is 7.99. The molecule has 1 heterocycles. The van der Waals surface area contributed by atoms with Crippen LogP contribution in [0.15, 0.2) is 63.1 Å². The smallest absolute Gasteiger partial charge is 0.256 e. The molecule has 3 rings (SSSR count). The van der Waals surface area contributed by atoms with E-state index >= 15 is 0 Å². The SMILES string of the molecule is CN(C)S(=O)(=O)c1ccc2oc(SCCc3ccccc3)nc2c1. The van der Waals surface area contributed by atoms with Gasteiger partial charge in [-0.2, -0.15) is 0 Å². The molecule has 126 valence electrons. The normalized spacial score (nSPS) is 12.1. The molecule has 5 nitrogen and oxygen atoms in total. The summed E-state index contributed by atoms with van der Waals surface area (Å²) in [5.41, 5.74) is 2.41. The van der Waals surface area contributed by atoms with Gasteiger partial charge in [0.2, 0.25) is 10.0 Å². The van der Waals surface area contributed by atoms with Crippen LogP contribution in [-0.2, 0) is 16.4 Å². The predicted molar refractivity (Wildman–Crippen MR) is 95.8 cm³/mol. The van der Waals surface area contributed by atoms with Crippen molar-refractivity contribution < 1.29 is 12.8 Å². The van der Waals surface area contributed by atoms with Crippen molar-refractivity contribution in [1.82, 2.24) is 9.29 Å². The van der Waals surface area contributed by atoms with Crippen LogP contribution in [0.3, 0.4) is 0 Å². The molecule has 24 heavy (non-hydrogen) atoms. The minimum absolute atomic E-state index is 0.217. The molecule has 0 N–H and O–H groups in total. The molecule has 3 aromatic rings. The lowest BCUT2D eigenvalue weighted by molar-refractivity contribution is 0.489. The molecule has 0 spiro atoms. The van der Waals surface area contributed by atoms with Crippen LogP contribution in [0.1, 0.15) is 5.56 Å². The van der Waals surface area contributed by atoms with Crippen molar-refractivity contribution in [1.29, 1.82) is 0 Å². The number of aromatic nitrogens is 1. The molecule has 0 atom stereocenters. The van der Waals surface area contributed by atoms with Gasteiger partial charge < -0.3 is 4.42 Å². The Kier molecular flexibility index (Phi) is 4.93. The largest absolute Gasteiger partial charge is 0.431 e. The molecule has 7 heteroatoms. The first-order valence-electron chi connectivity index (χ1n) is 7.46. The van der Waals surface area contributed by atoms with E-state index < -0.39 is 10.0 Å². The topological polar surface area (TPSA) is 63.4 Å². The Morgan fingerprint density at radius 1 is 1.12 bits per heavy atom. The summed E-state index contributed by atoms with van der Waals surface area (Å²) in [6.07, 6.45) is 0.921. The van der Waals surface area contributed by atoms with E-state index in [-0.39, 0.29) is 4.90 Å². The molecule has 0 radical (unpaired) electrons. The Hall–Kier alpha value is -1.83. The summed E-state index contributed by atoms with van der Waals surface area (Å²) >= 11 is 1.52. The van der Waals surface area contributed by atoms with E-state index in [1.807, 2.05) is 18.2 Å². The molecular weight excluding hydrogens is 344 g/mol. The average Bonchev–Trinajstić information content (AvgIpc) is 2.97. The van der Waals surface area contributed by atoms with Crippen molar-refractivity contribution in [2.45, 2.75) is 16.5 Å². The lowest BCUT2D eigenvalue weighted by atomic mass is 10.2. The van der Waals surface area contributed by atoms with Gasteiger partial charge in [0.1, 0.15) is 5.52 Å². The molecule has 0 saturated heterocycles. The van der Waals surface area contributed by atoms with Crippen molar-refractivity contribution in [2.24, 2.45) is 0 Å². The van der Waals surface area contributed by atoms with E-state index in [1.165, 1.54) is 35.7 Å². The van der Waals surface area contributed by atoms with Crippen molar-refractivity contribution in [3.8, 4) is 0 Å². The first-order chi connectivity index (χ1) is 11.5. The first kappa shape index (κ1) is 17.0. The van der Waals surface area contributed by atoms with E-state index in [9.17, 15) is 8.42 Å². The Bertz CT molecular complexity index is 935. The van der Waals surface area contributed by atoms with Gasteiger partial charge in [0.25, 0.3) is 5.22 Å². The minimum Gasteiger partial charge on any atom is -0.431 e. The lowest BCUT2D eigenvalue weighted by Crippen LogP contribution is -2.22. The fourth-order valence-corrected chi connectivity index (χ4v) is 3.97. The van der Waals surface area contributed by atoms with Crippen LogP contribution in [0.5, 0.6) is 0 Å². The van der Waals surface area contributed by atoms with Gasteiger partial charge >= 0.3 is 0 Å². The molecule has 0 fully saturated rings. The number of fused-ring (bicyclic) bond motifs is 1. The maximum Gasteiger partial charge on any atom is 0.256 e. The number of hydrogen-bond donors (Lipinski definition) is 0. The molecule has 0 aliphatic heterocycles. The van der Waals surface area contributed by atoms with Gasteiger partial charge in [-0.25, -0.2) is 17.7 Å². The molecule has 0 amide bonds. The van der Waals surface area contributed by atoms with Crippen LogP contribution in [0.4, 0.5) is 0 Å². The van der Waals surface area contributed by atoms with Gasteiger partial charge in [-0.15, -0.1) is 0 Å². The highest BCUT2D eigenvalue weighted by atomic mass is 32.2. The third-order valence-corrected chi connectivity index (χ3v) is 6.22. The Labute approximate surface area is 145 Å². The third kappa shape index (κ3) is 3.63. The fourth-order valence-electron chi connectivity index (χ4n) is 2.22. The Morgan fingerprint density at radius 2 is 1.88 bits per heavy atom. The van der Waals surface area contributed by atoms with E-state index in [2.05, 4.69) is 17.1 Å². The summed E-state index contributed by atoms with van der Waals surface area (Å²) in [7, 11) is -0.453. The summed E-state index contributed by atoms with van der Waals surface area (Å²) in [6, 6.07) is 15.0. The lowest BCUT2D eigenvalue weighted by Gasteiger charge is -2.10. The first-order valence-corrected chi connectivity index (χ1v) is 9.89. The number of sulfonamides is 1. The van der Waals surface area contributed by atoms with Gasteiger partial charge in [0.15, 0.2) is 5.58 Å². The molecule has 0 bridgehead atoms. The Morgan fingerprint density at radius 3 is 2.58 bits per heavy atom. The predicted octanol–water partition coefficient (Wildman–Crippen LogP) is 3.41. The summed E-state index contributed by atoms with van der Waals surface area (Å²) in [4.78, 5) is 4.61. The third-order valence-electron chi connectivity index (χ3n) is 3.58. The zero-order chi connectivity index (χ0) is 17.2. The van der Waals surface area contributed by atoms with Gasteiger partial charge in [-0.05, 0) is 30.2 Å². The van der Waals surface area contributed by atoms with Crippen molar-refractivity contribution in [3.05, 3.63) is 54.1 Å². The van der Waals surface area contributed by atoms with Crippen LogP contribution >= 0.6 is 11.8 Å². The molecular formula is C17H18N2O3S2. The number of oxazole rings is 1. The zero-order valence-electron chi connectivity index (χ0n) is 13.5. The second-order valence-corrected chi connectivity index (χ2v) is 8.68. The van der Waals surface area contributed by atoms with Gasteiger partial charge in [0.05, 0.1) is 4.90 Å². The highest BCUT2D eigenvalue weighted by Crippen LogP contribution is 2.26. The molecule has 0 aliphatic rings. The Balaban J connectivity index is 1.74. The van der Waals surface area contributed by atoms with Crippen LogP contribution in [0.2, 0.25) is 0 Å². The van der Waals surface area contributed by atoms with Gasteiger partial charge in [-0.1, -0.05) is 42.1 Å². The summed E-state index contributed by atoms with van der Waals surface area (Å²) < 4.78 is 31.2. The van der Waals surface area contributed by atoms with E-state index in [1.54, 1.807) is 18.2 Å². The minimum atomic E-state index is -3.47. The molecule has 0 aliphatic carbocycles. The van der Waals surface area contributed by atoms with Crippen LogP contribution in [0, 0.1) is 0 Å². The monoisotopic (exact) mass is 362 g/mol. The average molecular weight is 362 g/mol. The zero-order valence-corrected chi connectivity index (χ0v) is 15.1. The molecule has 1 aromatic heterocycles. The summed E-state index contributed by atoms with van der Waals surface area (Å²) in [5, 5.41) is 0.556. The van der Waals surface area contributed by atoms with Crippen LogP contribution in [0.25, 0.3) is 11.1 Å². The maximum absolute atomic E-state index is 12.2. The fraction of sp³-hybridized carbons (Fsp3) is 0.235. The second-order valence-electron chi connectivity index (χ2n) is 5.48. The molecule has 0 saturated carbocycles. The quantitative estimate of drug-likeness (QED) is 0.629. The second kappa shape index (κ2) is 6.96. The number of nitrogens with zero attached hydrogens (tertiary/aromatic N) is 2. The number of hydrogen-bond acceptors (Lipinski definition) is 5. The number of rotatable bonds is 6. The van der Waals surface area contributed by atoms with Crippen molar-refractivity contribution >= 4 is 32.9 Å². The number of aryl methyl sites for hydroxylation is 1.